The van der Waals surface area contributed by atoms with Crippen LogP contribution in [0.15, 0.2) is 60.8 Å². The molecule has 4 rings (SSSR count). The number of rotatable bonds is 2. The fraction of sp³-hybridized carbons (Fsp3) is 0.190. The minimum atomic E-state index is 0.379. The van der Waals surface area contributed by atoms with Crippen molar-refractivity contribution in [3.05, 3.63) is 72.1 Å². The number of benzene rings is 2. The van der Waals surface area contributed by atoms with Gasteiger partial charge in [0.05, 0.1) is 22.4 Å². The van der Waals surface area contributed by atoms with E-state index >= 15 is 0 Å². The summed E-state index contributed by atoms with van der Waals surface area (Å²) >= 11 is 0. The van der Waals surface area contributed by atoms with Crippen LogP contribution in [0.3, 0.4) is 0 Å². The second-order valence-corrected chi connectivity index (χ2v) is 6.39. The van der Waals surface area contributed by atoms with Crippen molar-refractivity contribution in [2.45, 2.75) is 26.7 Å². The van der Waals surface area contributed by atoms with Crippen molar-refractivity contribution in [3.63, 3.8) is 0 Å². The van der Waals surface area contributed by atoms with Crippen molar-refractivity contribution >= 4 is 16.4 Å². The summed E-state index contributed by atoms with van der Waals surface area (Å²) in [6, 6.07) is 19.0. The molecule has 0 fully saturated rings. The first-order valence-electron chi connectivity index (χ1n) is 8.12. The summed E-state index contributed by atoms with van der Waals surface area (Å²) in [6.45, 7) is 6.63. The van der Waals surface area contributed by atoms with Gasteiger partial charge >= 0.3 is 0 Å². The van der Waals surface area contributed by atoms with Gasteiger partial charge in [0.15, 0.2) is 0 Å². The molecular weight excluding hydrogens is 280 g/mol. The van der Waals surface area contributed by atoms with E-state index in [1.165, 1.54) is 27.7 Å². The van der Waals surface area contributed by atoms with Gasteiger partial charge in [0.25, 0.3) is 0 Å². The van der Waals surface area contributed by atoms with Crippen molar-refractivity contribution < 1.29 is 0 Å². The molecule has 2 heterocycles. The highest BCUT2D eigenvalue weighted by molar-refractivity contribution is 5.93. The van der Waals surface area contributed by atoms with E-state index in [-0.39, 0.29) is 0 Å². The summed E-state index contributed by atoms with van der Waals surface area (Å²) in [5.74, 6) is 0.379. The van der Waals surface area contributed by atoms with Gasteiger partial charge in [-0.05, 0) is 24.5 Å². The molecule has 2 heteroatoms. The Morgan fingerprint density at radius 1 is 0.913 bits per heavy atom. The third-order valence-electron chi connectivity index (χ3n) is 4.52. The minimum Gasteiger partial charge on any atom is -0.312 e. The number of hydrogen-bond acceptors (Lipinski definition) is 1. The lowest BCUT2D eigenvalue weighted by atomic mass is 10.1. The monoisotopic (exact) mass is 300 g/mol. The predicted molar refractivity (Wildman–Crippen MR) is 97.0 cm³/mol. The topological polar surface area (TPSA) is 17.3 Å². The van der Waals surface area contributed by atoms with E-state index in [9.17, 15) is 0 Å². The van der Waals surface area contributed by atoms with E-state index in [1.54, 1.807) is 0 Å². The SMILES string of the molecule is Cc1c2ccccc2n2cc(-c3ccccc3)nc(C(C)C)c12. The van der Waals surface area contributed by atoms with Crippen LogP contribution < -0.4 is 0 Å². The molecule has 23 heavy (non-hydrogen) atoms. The Bertz CT molecular complexity index is 995. The Balaban J connectivity index is 2.15. The molecule has 0 aliphatic rings. The predicted octanol–water partition coefficient (Wildman–Crippen LogP) is 5.59. The van der Waals surface area contributed by atoms with Crippen LogP contribution in [-0.4, -0.2) is 9.38 Å². The summed E-state index contributed by atoms with van der Waals surface area (Å²) in [7, 11) is 0. The second kappa shape index (κ2) is 5.24. The molecule has 0 N–H and O–H groups in total. The Morgan fingerprint density at radius 3 is 2.35 bits per heavy atom. The largest absolute Gasteiger partial charge is 0.312 e. The molecule has 0 saturated heterocycles. The Hall–Kier alpha value is -2.61. The summed E-state index contributed by atoms with van der Waals surface area (Å²) in [5, 5.41) is 1.31. The molecule has 0 bridgehead atoms. The maximum atomic E-state index is 5.01. The molecule has 0 amide bonds. The molecule has 0 radical (unpaired) electrons. The summed E-state index contributed by atoms with van der Waals surface area (Å²) < 4.78 is 2.31. The van der Waals surface area contributed by atoms with Gasteiger partial charge in [0.1, 0.15) is 0 Å². The zero-order chi connectivity index (χ0) is 16.0. The van der Waals surface area contributed by atoms with Crippen LogP contribution in [0.5, 0.6) is 0 Å². The van der Waals surface area contributed by atoms with Crippen molar-refractivity contribution in [2.75, 3.05) is 0 Å². The van der Waals surface area contributed by atoms with E-state index in [2.05, 4.69) is 79.9 Å². The van der Waals surface area contributed by atoms with E-state index in [1.807, 2.05) is 6.07 Å². The first-order chi connectivity index (χ1) is 11.2. The highest BCUT2D eigenvalue weighted by Gasteiger charge is 2.16. The molecule has 0 aliphatic carbocycles. The molecule has 114 valence electrons. The zero-order valence-corrected chi connectivity index (χ0v) is 13.7. The highest BCUT2D eigenvalue weighted by Crippen LogP contribution is 2.32. The van der Waals surface area contributed by atoms with Crippen LogP contribution in [0.25, 0.3) is 27.7 Å². The van der Waals surface area contributed by atoms with Crippen LogP contribution in [0.2, 0.25) is 0 Å². The van der Waals surface area contributed by atoms with Crippen molar-refractivity contribution in [3.8, 4) is 11.3 Å². The molecule has 2 aromatic heterocycles. The Kier molecular flexibility index (Phi) is 3.19. The highest BCUT2D eigenvalue weighted by atomic mass is 14.9. The normalized spacial score (nSPS) is 11.7. The lowest BCUT2D eigenvalue weighted by molar-refractivity contribution is 0.824. The summed E-state index contributed by atoms with van der Waals surface area (Å²) in [5.41, 5.74) is 7.17. The van der Waals surface area contributed by atoms with Crippen LogP contribution in [0.1, 0.15) is 31.0 Å². The van der Waals surface area contributed by atoms with Crippen molar-refractivity contribution in [2.24, 2.45) is 0 Å². The van der Waals surface area contributed by atoms with Crippen molar-refractivity contribution in [1.29, 1.82) is 0 Å². The lowest BCUT2D eigenvalue weighted by Gasteiger charge is -2.12. The number of aromatic nitrogens is 2. The lowest BCUT2D eigenvalue weighted by Crippen LogP contribution is -2.01. The average molecular weight is 300 g/mol. The number of nitrogens with zero attached hydrogens (tertiary/aromatic N) is 2. The maximum absolute atomic E-state index is 5.01. The summed E-state index contributed by atoms with van der Waals surface area (Å²) in [6.07, 6.45) is 2.17. The molecule has 4 aromatic rings. The quantitative estimate of drug-likeness (QED) is 0.472. The van der Waals surface area contributed by atoms with Gasteiger partial charge in [-0.2, -0.15) is 0 Å². The van der Waals surface area contributed by atoms with Gasteiger partial charge in [-0.15, -0.1) is 0 Å². The minimum absolute atomic E-state index is 0.379. The molecule has 0 spiro atoms. The molecule has 2 nitrogen and oxygen atoms in total. The molecule has 0 unspecified atom stereocenters. The fourth-order valence-electron chi connectivity index (χ4n) is 3.36. The van der Waals surface area contributed by atoms with Gasteiger partial charge < -0.3 is 4.40 Å². The summed E-state index contributed by atoms with van der Waals surface area (Å²) in [4.78, 5) is 5.01. The molecule has 2 aromatic carbocycles. The zero-order valence-electron chi connectivity index (χ0n) is 13.7. The van der Waals surface area contributed by atoms with Crippen LogP contribution in [0.4, 0.5) is 0 Å². The molecule has 0 saturated carbocycles. The van der Waals surface area contributed by atoms with Crippen molar-refractivity contribution in [1.82, 2.24) is 9.38 Å². The number of hydrogen-bond donors (Lipinski definition) is 0. The Morgan fingerprint density at radius 2 is 1.61 bits per heavy atom. The van der Waals surface area contributed by atoms with Gasteiger partial charge in [0.2, 0.25) is 0 Å². The van der Waals surface area contributed by atoms with E-state index in [0.717, 1.165) is 11.3 Å². The van der Waals surface area contributed by atoms with E-state index in [4.69, 9.17) is 4.98 Å². The Labute approximate surface area is 136 Å². The van der Waals surface area contributed by atoms with Gasteiger partial charge in [-0.1, -0.05) is 62.4 Å². The van der Waals surface area contributed by atoms with Crippen LogP contribution in [-0.2, 0) is 0 Å². The number of aryl methyl sites for hydroxylation is 1. The molecular formula is C21H20N2. The number of fused-ring (bicyclic) bond motifs is 3. The first-order valence-corrected chi connectivity index (χ1v) is 8.12. The third-order valence-corrected chi connectivity index (χ3v) is 4.52. The van der Waals surface area contributed by atoms with Gasteiger partial charge in [-0.3, -0.25) is 0 Å². The average Bonchev–Trinajstić information content (AvgIpc) is 2.88. The smallest absolute Gasteiger partial charge is 0.0872 e. The second-order valence-electron chi connectivity index (χ2n) is 6.39. The fourth-order valence-corrected chi connectivity index (χ4v) is 3.36. The first kappa shape index (κ1) is 14.0. The molecule has 0 atom stereocenters. The van der Waals surface area contributed by atoms with E-state index in [0.29, 0.717) is 5.92 Å². The third kappa shape index (κ3) is 2.14. The molecule has 0 aliphatic heterocycles. The van der Waals surface area contributed by atoms with E-state index < -0.39 is 0 Å². The maximum Gasteiger partial charge on any atom is 0.0872 e. The number of para-hydroxylation sites is 1. The van der Waals surface area contributed by atoms with Gasteiger partial charge in [0, 0.05) is 17.1 Å². The van der Waals surface area contributed by atoms with Gasteiger partial charge in [-0.25, -0.2) is 4.98 Å². The van der Waals surface area contributed by atoms with Crippen LogP contribution >= 0.6 is 0 Å². The standard InChI is InChI=1S/C21H20N2/c1-14(2)20-21-15(3)17-11-7-8-12-19(17)23(21)13-18(22-20)16-9-5-4-6-10-16/h4-14H,1-3H3. The van der Waals surface area contributed by atoms with Crippen LogP contribution in [0, 0.1) is 6.92 Å².